The van der Waals surface area contributed by atoms with Crippen LogP contribution in [0, 0.1) is 11.8 Å². The van der Waals surface area contributed by atoms with Crippen LogP contribution < -0.4 is 15.8 Å². The molecule has 5 rings (SSSR count). The zero-order chi connectivity index (χ0) is 31.4. The van der Waals surface area contributed by atoms with Gasteiger partial charge in [0.15, 0.2) is 11.4 Å². The smallest absolute Gasteiger partial charge is 0.255 e. The number of carbonyl (C=O) groups is 3. The van der Waals surface area contributed by atoms with Crippen LogP contribution in [0.1, 0.15) is 23.1 Å². The number of aliphatic hydroxyl groups excluding tert-OH is 2. The Bertz CT molecular complexity index is 1600. The number of halogens is 1. The number of aliphatic hydroxyl groups is 3. The zero-order valence-electron chi connectivity index (χ0n) is 24.0. The van der Waals surface area contributed by atoms with E-state index in [0.29, 0.717) is 29.0 Å². The Morgan fingerprint density at radius 1 is 1.16 bits per heavy atom. The summed E-state index contributed by atoms with van der Waals surface area (Å²) < 4.78 is 18.3. The van der Waals surface area contributed by atoms with Gasteiger partial charge in [-0.15, -0.1) is 0 Å². The van der Waals surface area contributed by atoms with E-state index in [4.69, 9.17) is 10.5 Å². The van der Waals surface area contributed by atoms with E-state index in [9.17, 15) is 39.2 Å². The number of fused-ring (bicyclic) bond motifs is 3. The fourth-order valence-electron chi connectivity index (χ4n) is 6.87. The molecule has 1 saturated carbocycles. The monoisotopic (exact) mass is 595 g/mol. The van der Waals surface area contributed by atoms with Crippen molar-refractivity contribution in [1.82, 2.24) is 10.2 Å². The summed E-state index contributed by atoms with van der Waals surface area (Å²) in [7, 11) is 4.60. The number of Topliss-reactive ketones (excluding diaryl/α,β-unsaturated/α-hetero) is 2. The minimum atomic E-state index is -2.71. The van der Waals surface area contributed by atoms with E-state index in [1.54, 1.807) is 26.2 Å². The number of primary amides is 1. The fourth-order valence-corrected chi connectivity index (χ4v) is 6.87. The van der Waals surface area contributed by atoms with Crippen LogP contribution in [0.2, 0.25) is 0 Å². The molecule has 11 nitrogen and oxygen atoms in total. The number of alkyl halides is 1. The average molecular weight is 596 g/mol. The first-order chi connectivity index (χ1) is 20.4. The van der Waals surface area contributed by atoms with Crippen molar-refractivity contribution < 1.29 is 43.9 Å². The molecule has 0 spiro atoms. The minimum absolute atomic E-state index is 0.0169. The zero-order valence-corrected chi connectivity index (χ0v) is 24.0. The molecule has 228 valence electrons. The lowest BCUT2D eigenvalue weighted by molar-refractivity contribution is -0.153. The molecule has 0 aromatic heterocycles. The highest BCUT2D eigenvalue weighted by Gasteiger charge is 2.64. The van der Waals surface area contributed by atoms with Crippen molar-refractivity contribution in [3.8, 4) is 22.6 Å². The molecule has 0 saturated heterocycles. The number of methoxy groups -OCH3 is 1. The first-order valence-corrected chi connectivity index (χ1v) is 13.8. The maximum absolute atomic E-state index is 14.0. The minimum Gasteiger partial charge on any atom is -0.508 e. The van der Waals surface area contributed by atoms with Gasteiger partial charge in [-0.3, -0.25) is 19.3 Å². The van der Waals surface area contributed by atoms with Crippen molar-refractivity contribution in [3.63, 3.8) is 0 Å². The van der Waals surface area contributed by atoms with Crippen LogP contribution in [0.3, 0.4) is 0 Å². The quantitative estimate of drug-likeness (QED) is 0.194. The number of ketones is 2. The molecule has 2 aromatic rings. The van der Waals surface area contributed by atoms with Gasteiger partial charge in [-0.25, -0.2) is 4.39 Å². The highest BCUT2D eigenvalue weighted by atomic mass is 19.1. The third-order valence-electron chi connectivity index (χ3n) is 8.76. The predicted octanol–water partition coefficient (Wildman–Crippen LogP) is 1.70. The van der Waals surface area contributed by atoms with Gasteiger partial charge in [0.05, 0.1) is 18.7 Å². The number of aromatic hydroxyl groups is 1. The summed E-state index contributed by atoms with van der Waals surface area (Å²) in [5.41, 5.74) is 4.16. The van der Waals surface area contributed by atoms with E-state index in [2.05, 4.69) is 5.32 Å². The van der Waals surface area contributed by atoms with Crippen LogP contribution in [-0.2, 0) is 27.3 Å². The van der Waals surface area contributed by atoms with Crippen LogP contribution in [0.4, 0.5) is 4.39 Å². The fraction of sp³-hybridized carbons (Fsp3) is 0.387. The normalized spacial score (nSPS) is 25.0. The molecule has 3 aliphatic carbocycles. The first-order valence-electron chi connectivity index (χ1n) is 13.8. The second kappa shape index (κ2) is 11.1. The number of hydrogen-bond acceptors (Lipinski definition) is 10. The van der Waals surface area contributed by atoms with E-state index >= 15 is 0 Å². The highest BCUT2D eigenvalue weighted by molar-refractivity contribution is 6.24. The summed E-state index contributed by atoms with van der Waals surface area (Å²) >= 11 is 0. The van der Waals surface area contributed by atoms with Crippen molar-refractivity contribution in [2.45, 2.75) is 31.0 Å². The molecular formula is C31H34FN3O8. The number of phenolic OH excluding ortho intramolecular Hbond substituents is 1. The van der Waals surface area contributed by atoms with E-state index < -0.39 is 64.7 Å². The maximum atomic E-state index is 14.0. The lowest BCUT2D eigenvalue weighted by atomic mass is 9.57. The Balaban J connectivity index is 1.69. The Morgan fingerprint density at radius 3 is 2.51 bits per heavy atom. The van der Waals surface area contributed by atoms with Crippen molar-refractivity contribution in [1.29, 1.82) is 0 Å². The van der Waals surface area contributed by atoms with Gasteiger partial charge in [-0.2, -0.15) is 0 Å². The van der Waals surface area contributed by atoms with Crippen molar-refractivity contribution in [3.05, 3.63) is 63.9 Å². The predicted molar refractivity (Wildman–Crippen MR) is 154 cm³/mol. The molecule has 0 radical (unpaired) electrons. The summed E-state index contributed by atoms with van der Waals surface area (Å²) in [5, 5.41) is 48.2. The summed E-state index contributed by atoms with van der Waals surface area (Å²) in [6, 6.07) is 7.31. The van der Waals surface area contributed by atoms with E-state index in [0.717, 1.165) is 5.56 Å². The van der Waals surface area contributed by atoms with Gasteiger partial charge >= 0.3 is 0 Å². The largest absolute Gasteiger partial charge is 0.508 e. The molecule has 3 aliphatic rings. The molecular weight excluding hydrogens is 561 g/mol. The summed E-state index contributed by atoms with van der Waals surface area (Å²) in [4.78, 5) is 41.0. The van der Waals surface area contributed by atoms with Crippen LogP contribution >= 0.6 is 0 Å². The third-order valence-corrected chi connectivity index (χ3v) is 8.76. The number of ether oxygens (including phenoxy) is 1. The molecule has 4 atom stereocenters. The topological polar surface area (TPSA) is 183 Å². The van der Waals surface area contributed by atoms with Crippen LogP contribution in [-0.4, -0.2) is 88.9 Å². The highest BCUT2D eigenvalue weighted by Crippen LogP contribution is 2.54. The average Bonchev–Trinajstić information content (AvgIpc) is 2.95. The molecule has 43 heavy (non-hydrogen) atoms. The van der Waals surface area contributed by atoms with Crippen LogP contribution in [0.25, 0.3) is 16.9 Å². The molecule has 0 bridgehead atoms. The summed E-state index contributed by atoms with van der Waals surface area (Å²) in [5.74, 6) is -6.59. The number of nitrogens with two attached hydrogens (primary N) is 1. The Hall–Kier alpha value is -4.26. The Kier molecular flexibility index (Phi) is 7.80. The van der Waals surface area contributed by atoms with Crippen molar-refractivity contribution >= 4 is 23.2 Å². The standard InChI is InChI=1S/C31H34FN3O8/c1-35(2)25-19-12-15-11-18-16(17-10-14(13-34-9-8-32)4-7-21(17)43-3)5-6-20(36)23(18)26(37)22(15)28(39)31(19,42)29(40)24(27(25)38)30(33)41/h4-7,10,15,19,25,34,36-37,40,42H,8-9,11-13H2,1-3H3,(H2,33,41). The van der Waals surface area contributed by atoms with E-state index in [1.807, 2.05) is 12.1 Å². The number of hydrogen-bond donors (Lipinski definition) is 6. The summed E-state index contributed by atoms with van der Waals surface area (Å²) in [6.07, 6.45) is 0.108. The number of likely N-dealkylation sites (N-methyl/N-ethyl adjacent to an activating group) is 1. The number of nitrogens with zero attached hydrogens (tertiary/aromatic N) is 1. The number of carbonyl (C=O) groups excluding carboxylic acids is 3. The van der Waals surface area contributed by atoms with Gasteiger partial charge in [-0.1, -0.05) is 12.1 Å². The SMILES string of the molecule is COc1ccc(CNCCF)cc1-c1ccc(O)c2c1CC1CC3C(N(C)C)C(=O)C(C(N)=O)=C(O)C3(O)C(=O)C1=C2O. The Morgan fingerprint density at radius 2 is 1.88 bits per heavy atom. The van der Waals surface area contributed by atoms with E-state index in [-0.39, 0.29) is 36.3 Å². The number of nitrogens with one attached hydrogen (secondary N) is 1. The molecule has 0 heterocycles. The molecule has 1 amide bonds. The van der Waals surface area contributed by atoms with Gasteiger partial charge in [0.2, 0.25) is 5.78 Å². The molecule has 0 aliphatic heterocycles. The second-order valence-corrected chi connectivity index (χ2v) is 11.3. The number of amides is 1. The summed E-state index contributed by atoms with van der Waals surface area (Å²) in [6.45, 7) is 0.0528. The maximum Gasteiger partial charge on any atom is 0.255 e. The lowest BCUT2D eigenvalue weighted by Gasteiger charge is -2.50. The first kappa shape index (κ1) is 30.2. The van der Waals surface area contributed by atoms with Gasteiger partial charge in [-0.05, 0) is 67.7 Å². The van der Waals surface area contributed by atoms with Crippen LogP contribution in [0.15, 0.2) is 47.2 Å². The van der Waals surface area contributed by atoms with Crippen molar-refractivity contribution in [2.75, 3.05) is 34.4 Å². The van der Waals surface area contributed by atoms with Gasteiger partial charge in [0.1, 0.15) is 35.3 Å². The van der Waals surface area contributed by atoms with Crippen LogP contribution in [0.5, 0.6) is 11.5 Å². The second-order valence-electron chi connectivity index (χ2n) is 11.3. The van der Waals surface area contributed by atoms with Gasteiger partial charge in [0, 0.05) is 30.1 Å². The molecule has 1 fully saturated rings. The van der Waals surface area contributed by atoms with Crippen molar-refractivity contribution in [2.24, 2.45) is 17.6 Å². The van der Waals surface area contributed by atoms with Gasteiger partial charge < -0.3 is 36.2 Å². The lowest BCUT2D eigenvalue weighted by Crippen LogP contribution is -2.65. The molecule has 4 unspecified atom stereocenters. The molecule has 12 heteroatoms. The number of rotatable bonds is 8. The molecule has 7 N–H and O–H groups in total. The number of phenols is 1. The van der Waals surface area contributed by atoms with E-state index in [1.165, 1.54) is 18.1 Å². The van der Waals surface area contributed by atoms with Gasteiger partial charge in [0.25, 0.3) is 5.91 Å². The number of benzene rings is 2. The third kappa shape index (κ3) is 4.57. The molecule has 2 aromatic carbocycles. The Labute approximate surface area is 247 Å².